The molecule has 0 unspecified atom stereocenters. The van der Waals surface area contributed by atoms with Crippen LogP contribution in [-0.4, -0.2) is 52.3 Å². The van der Waals surface area contributed by atoms with Gasteiger partial charge >= 0.3 is 0 Å². The van der Waals surface area contributed by atoms with E-state index >= 15 is 0 Å². The summed E-state index contributed by atoms with van der Waals surface area (Å²) in [7, 11) is -1.22. The molecule has 1 aliphatic rings. The zero-order chi connectivity index (χ0) is 23.3. The number of anilines is 3. The maximum absolute atomic E-state index is 12.2. The van der Waals surface area contributed by atoms with Gasteiger partial charge in [-0.2, -0.15) is 4.98 Å². The average Bonchev–Trinajstić information content (AvgIpc) is 3.49. The predicted molar refractivity (Wildman–Crippen MR) is 132 cm³/mol. The van der Waals surface area contributed by atoms with Gasteiger partial charge in [-0.25, -0.2) is 8.42 Å². The van der Waals surface area contributed by atoms with Gasteiger partial charge in [-0.15, -0.1) is 10.2 Å². The lowest BCUT2D eigenvalue weighted by Gasteiger charge is -2.21. The van der Waals surface area contributed by atoms with Crippen molar-refractivity contribution in [1.82, 2.24) is 24.6 Å². The van der Waals surface area contributed by atoms with Gasteiger partial charge in [0.05, 0.1) is 23.2 Å². The number of benzene rings is 2. The van der Waals surface area contributed by atoms with E-state index in [0.29, 0.717) is 24.4 Å². The van der Waals surface area contributed by atoms with Crippen LogP contribution in [0.1, 0.15) is 6.42 Å². The number of pyridine rings is 1. The van der Waals surface area contributed by atoms with Crippen molar-refractivity contribution in [2.24, 2.45) is 0 Å². The van der Waals surface area contributed by atoms with Crippen LogP contribution in [0.15, 0.2) is 73.3 Å². The van der Waals surface area contributed by atoms with Gasteiger partial charge in [0, 0.05) is 30.9 Å². The zero-order valence-electron chi connectivity index (χ0n) is 18.4. The lowest BCUT2D eigenvalue weighted by Crippen LogP contribution is -2.24. The first-order valence-corrected chi connectivity index (χ1v) is 12.5. The number of rotatable bonds is 4. The van der Waals surface area contributed by atoms with E-state index in [9.17, 15) is 8.42 Å². The third kappa shape index (κ3) is 3.34. The van der Waals surface area contributed by atoms with Crippen molar-refractivity contribution in [3.05, 3.63) is 73.3 Å². The Balaban J connectivity index is 1.37. The van der Waals surface area contributed by atoms with Crippen LogP contribution >= 0.6 is 0 Å². The van der Waals surface area contributed by atoms with Crippen LogP contribution in [-0.2, 0) is 10.0 Å². The summed E-state index contributed by atoms with van der Waals surface area (Å²) in [6.45, 7) is 0.537. The second-order valence-corrected chi connectivity index (χ2v) is 10.2. The molecule has 170 valence electrons. The van der Waals surface area contributed by atoms with E-state index in [1.165, 1.54) is 4.31 Å². The highest BCUT2D eigenvalue weighted by Crippen LogP contribution is 2.33. The molecule has 0 spiro atoms. The molecule has 0 bridgehead atoms. The van der Waals surface area contributed by atoms with E-state index in [1.54, 1.807) is 18.7 Å². The molecule has 9 nitrogen and oxygen atoms in total. The first kappa shape index (κ1) is 20.5. The lowest BCUT2D eigenvalue weighted by atomic mass is 10.0. The molecule has 0 amide bonds. The van der Waals surface area contributed by atoms with Gasteiger partial charge in [0.1, 0.15) is 12.1 Å². The number of fused-ring (bicyclic) bond motifs is 3. The third-order valence-electron chi connectivity index (χ3n) is 6.18. The average molecular weight is 472 g/mol. The van der Waals surface area contributed by atoms with Gasteiger partial charge in [-0.1, -0.05) is 24.3 Å². The minimum Gasteiger partial charge on any atom is -0.329 e. The normalized spacial score (nSPS) is 15.3. The summed E-state index contributed by atoms with van der Waals surface area (Å²) in [6, 6.07) is 17.7. The molecular formula is C24H21N7O2S. The fourth-order valence-corrected chi connectivity index (χ4v) is 5.98. The Bertz CT molecular complexity index is 1630. The maximum atomic E-state index is 12.2. The third-order valence-corrected chi connectivity index (χ3v) is 8.04. The molecule has 1 aliphatic heterocycles. The summed E-state index contributed by atoms with van der Waals surface area (Å²) in [4.78, 5) is 11.0. The molecule has 0 saturated carbocycles. The quantitative estimate of drug-likeness (QED) is 0.395. The molecule has 6 rings (SSSR count). The van der Waals surface area contributed by atoms with Crippen molar-refractivity contribution in [3.8, 4) is 11.1 Å². The molecular weight excluding hydrogens is 450 g/mol. The second-order valence-electron chi connectivity index (χ2n) is 8.23. The Morgan fingerprint density at radius 1 is 1.03 bits per heavy atom. The Labute approximate surface area is 196 Å². The molecule has 1 fully saturated rings. The predicted octanol–water partition coefficient (Wildman–Crippen LogP) is 3.65. The number of aromatic nitrogens is 5. The van der Waals surface area contributed by atoms with Crippen LogP contribution in [0.3, 0.4) is 0 Å². The summed E-state index contributed by atoms with van der Waals surface area (Å²) in [5.41, 5.74) is 4.57. The van der Waals surface area contributed by atoms with Crippen molar-refractivity contribution < 1.29 is 8.42 Å². The summed E-state index contributed by atoms with van der Waals surface area (Å²) in [5, 5.41) is 9.04. The molecule has 10 heteroatoms. The zero-order valence-corrected chi connectivity index (χ0v) is 19.2. The Morgan fingerprint density at radius 3 is 2.68 bits per heavy atom. The standard InChI is InChI=1S/C24H21N7O2S/c1-29(23-21-10-11-25-15-22(21)30-16-26-28-24(30)27-23)20-5-2-4-18(14-20)17-6-8-19(9-7-17)31-12-3-13-34(31,32)33/h2,4-11,14-16H,3,12-13H2,1H3. The monoisotopic (exact) mass is 471 g/mol. The van der Waals surface area contributed by atoms with Gasteiger partial charge in [-0.05, 0) is 47.9 Å². The molecule has 0 radical (unpaired) electrons. The van der Waals surface area contributed by atoms with Crippen LogP contribution in [0.4, 0.5) is 17.2 Å². The smallest absolute Gasteiger partial charge is 0.257 e. The molecule has 3 aromatic heterocycles. The van der Waals surface area contributed by atoms with Crippen LogP contribution < -0.4 is 9.21 Å². The van der Waals surface area contributed by atoms with Gasteiger partial charge in [0.25, 0.3) is 5.78 Å². The van der Waals surface area contributed by atoms with E-state index in [1.807, 2.05) is 64.9 Å². The summed E-state index contributed by atoms with van der Waals surface area (Å²) in [5.74, 6) is 1.47. The van der Waals surface area contributed by atoms with Crippen LogP contribution in [0.25, 0.3) is 27.8 Å². The first-order chi connectivity index (χ1) is 16.5. The fourth-order valence-electron chi connectivity index (χ4n) is 4.42. The Kier molecular flexibility index (Phi) is 4.70. The van der Waals surface area contributed by atoms with Crippen molar-refractivity contribution in [2.75, 3.05) is 28.6 Å². The highest BCUT2D eigenvalue weighted by Gasteiger charge is 2.28. The molecule has 0 atom stereocenters. The largest absolute Gasteiger partial charge is 0.329 e. The van der Waals surface area contributed by atoms with E-state index in [0.717, 1.165) is 33.5 Å². The van der Waals surface area contributed by atoms with Crippen molar-refractivity contribution >= 4 is 43.9 Å². The van der Waals surface area contributed by atoms with E-state index in [-0.39, 0.29) is 5.75 Å². The highest BCUT2D eigenvalue weighted by molar-refractivity contribution is 7.93. The summed E-state index contributed by atoms with van der Waals surface area (Å²) >= 11 is 0. The molecule has 34 heavy (non-hydrogen) atoms. The minimum atomic E-state index is -3.19. The van der Waals surface area contributed by atoms with Gasteiger partial charge < -0.3 is 4.90 Å². The van der Waals surface area contributed by atoms with Crippen molar-refractivity contribution in [1.29, 1.82) is 0 Å². The Hall–Kier alpha value is -4.05. The topological polar surface area (TPSA) is 96.6 Å². The lowest BCUT2D eigenvalue weighted by molar-refractivity contribution is 0.599. The molecule has 0 N–H and O–H groups in total. The minimum absolute atomic E-state index is 0.211. The Morgan fingerprint density at radius 2 is 1.88 bits per heavy atom. The van der Waals surface area contributed by atoms with Crippen LogP contribution in [0.5, 0.6) is 0 Å². The van der Waals surface area contributed by atoms with E-state index < -0.39 is 10.0 Å². The van der Waals surface area contributed by atoms with Gasteiger partial charge in [0.15, 0.2) is 0 Å². The second kappa shape index (κ2) is 7.77. The van der Waals surface area contributed by atoms with Gasteiger partial charge in [-0.3, -0.25) is 13.7 Å². The SMILES string of the molecule is CN(c1cccc(-c2ccc(N3CCCS3(=O)=O)cc2)c1)c1nc2nncn2c2cnccc12. The van der Waals surface area contributed by atoms with E-state index in [4.69, 9.17) is 4.98 Å². The molecule has 0 aliphatic carbocycles. The first-order valence-electron chi connectivity index (χ1n) is 10.9. The molecule has 5 aromatic rings. The highest BCUT2D eigenvalue weighted by atomic mass is 32.2. The van der Waals surface area contributed by atoms with Crippen molar-refractivity contribution in [2.45, 2.75) is 6.42 Å². The van der Waals surface area contributed by atoms with Crippen LogP contribution in [0, 0.1) is 0 Å². The van der Waals surface area contributed by atoms with Gasteiger partial charge in [0.2, 0.25) is 10.0 Å². The number of hydrogen-bond acceptors (Lipinski definition) is 7. The molecule has 2 aromatic carbocycles. The van der Waals surface area contributed by atoms with Crippen LogP contribution in [0.2, 0.25) is 0 Å². The van der Waals surface area contributed by atoms with Crippen molar-refractivity contribution in [3.63, 3.8) is 0 Å². The fraction of sp³-hybridized carbons (Fsp3) is 0.167. The number of sulfonamides is 1. The maximum Gasteiger partial charge on any atom is 0.257 e. The summed E-state index contributed by atoms with van der Waals surface area (Å²) in [6.07, 6.45) is 5.82. The summed E-state index contributed by atoms with van der Waals surface area (Å²) < 4.78 is 27.8. The molecule has 1 saturated heterocycles. The number of hydrogen-bond donors (Lipinski definition) is 0. The van der Waals surface area contributed by atoms with E-state index in [2.05, 4.69) is 21.2 Å². The number of nitrogens with zero attached hydrogens (tertiary/aromatic N) is 7. The molecule has 4 heterocycles.